The fourth-order valence-corrected chi connectivity index (χ4v) is 6.02. The maximum absolute atomic E-state index is 13.3. The van der Waals surface area contributed by atoms with E-state index >= 15 is 0 Å². The first kappa shape index (κ1) is 22.4. The van der Waals surface area contributed by atoms with Gasteiger partial charge in [-0.2, -0.15) is 10.2 Å². The van der Waals surface area contributed by atoms with E-state index in [1.807, 2.05) is 18.2 Å². The number of aromatic nitrogens is 3. The lowest BCUT2D eigenvalue weighted by atomic mass is 9.99. The van der Waals surface area contributed by atoms with E-state index in [1.54, 1.807) is 17.8 Å². The number of anilines is 2. The highest BCUT2D eigenvalue weighted by molar-refractivity contribution is 7.13. The number of carbonyl (C=O) groups excluding carboxylic acids is 1. The molecular formula is C26H30N6O2S. The third-order valence-electron chi connectivity index (χ3n) is 7.39. The molecule has 35 heavy (non-hydrogen) atoms. The second kappa shape index (κ2) is 9.20. The van der Waals surface area contributed by atoms with E-state index in [0.29, 0.717) is 23.8 Å². The van der Waals surface area contributed by atoms with Crippen LogP contribution in [-0.4, -0.2) is 64.3 Å². The minimum absolute atomic E-state index is 0.209. The number of ether oxygens (including phenoxy) is 1. The van der Waals surface area contributed by atoms with Gasteiger partial charge in [0.1, 0.15) is 16.5 Å². The Kier molecular flexibility index (Phi) is 5.89. The van der Waals surface area contributed by atoms with Crippen molar-refractivity contribution in [1.82, 2.24) is 20.1 Å². The van der Waals surface area contributed by atoms with Gasteiger partial charge in [-0.3, -0.25) is 9.69 Å². The van der Waals surface area contributed by atoms with E-state index in [-0.39, 0.29) is 5.91 Å². The van der Waals surface area contributed by atoms with Crippen LogP contribution in [0.15, 0.2) is 36.0 Å². The number of nitrogens with one attached hydrogen (secondary N) is 1. The molecule has 1 amide bonds. The van der Waals surface area contributed by atoms with Gasteiger partial charge < -0.3 is 15.0 Å². The number of rotatable bonds is 6. The zero-order valence-electron chi connectivity index (χ0n) is 20.1. The van der Waals surface area contributed by atoms with Gasteiger partial charge in [0, 0.05) is 42.2 Å². The molecule has 6 rings (SSSR count). The van der Waals surface area contributed by atoms with Gasteiger partial charge in [-0.25, -0.2) is 4.98 Å². The van der Waals surface area contributed by atoms with Crippen molar-refractivity contribution < 1.29 is 9.53 Å². The predicted molar refractivity (Wildman–Crippen MR) is 137 cm³/mol. The molecule has 2 atom stereocenters. The summed E-state index contributed by atoms with van der Waals surface area (Å²) < 4.78 is 6.22. The van der Waals surface area contributed by atoms with Crippen molar-refractivity contribution in [2.24, 2.45) is 5.92 Å². The summed E-state index contributed by atoms with van der Waals surface area (Å²) in [6, 6.07) is 6.38. The molecule has 0 radical (unpaired) electrons. The largest absolute Gasteiger partial charge is 0.490 e. The Morgan fingerprint density at radius 1 is 1.14 bits per heavy atom. The molecule has 1 aromatic carbocycles. The highest BCUT2D eigenvalue weighted by atomic mass is 32.1. The summed E-state index contributed by atoms with van der Waals surface area (Å²) in [5, 5.41) is 13.4. The molecule has 3 aliphatic rings. The molecule has 2 aromatic heterocycles. The SMILES string of the molecule is Cc1c(OC2CC2)ccc(NC(=O)c2csc(-c3ccnnc3)n2)c1N1CCN2CC[C@@H](C)[C@@H]2C1. The van der Waals surface area contributed by atoms with Crippen LogP contribution in [0.5, 0.6) is 5.75 Å². The van der Waals surface area contributed by atoms with E-state index in [1.165, 1.54) is 24.3 Å². The summed E-state index contributed by atoms with van der Waals surface area (Å²) in [4.78, 5) is 22.9. The second-order valence-electron chi connectivity index (χ2n) is 9.84. The van der Waals surface area contributed by atoms with E-state index in [4.69, 9.17) is 4.74 Å². The Labute approximate surface area is 209 Å². The Hall–Kier alpha value is -3.04. The molecule has 182 valence electrons. The van der Waals surface area contributed by atoms with Crippen molar-refractivity contribution in [3.8, 4) is 16.3 Å². The molecule has 2 aliphatic heterocycles. The lowest BCUT2D eigenvalue weighted by molar-refractivity contribution is 0.102. The summed E-state index contributed by atoms with van der Waals surface area (Å²) in [5.74, 6) is 1.39. The van der Waals surface area contributed by atoms with Gasteiger partial charge in [0.05, 0.1) is 29.9 Å². The van der Waals surface area contributed by atoms with Gasteiger partial charge in [-0.15, -0.1) is 11.3 Å². The van der Waals surface area contributed by atoms with Crippen molar-refractivity contribution in [1.29, 1.82) is 0 Å². The fraction of sp³-hybridized carbons (Fsp3) is 0.462. The summed E-state index contributed by atoms with van der Waals surface area (Å²) in [5.41, 5.74) is 4.23. The third kappa shape index (κ3) is 4.50. The zero-order chi connectivity index (χ0) is 23.9. The van der Waals surface area contributed by atoms with Gasteiger partial charge in [-0.05, 0) is 56.8 Å². The molecule has 1 N–H and O–H groups in total. The van der Waals surface area contributed by atoms with Crippen LogP contribution >= 0.6 is 11.3 Å². The molecule has 2 saturated heterocycles. The fourth-order valence-electron chi connectivity index (χ4n) is 5.23. The van der Waals surface area contributed by atoms with Crippen LogP contribution < -0.4 is 15.0 Å². The number of fused-ring (bicyclic) bond motifs is 1. The minimum atomic E-state index is -0.209. The van der Waals surface area contributed by atoms with E-state index in [2.05, 4.69) is 44.1 Å². The van der Waals surface area contributed by atoms with E-state index in [9.17, 15) is 4.79 Å². The van der Waals surface area contributed by atoms with Crippen molar-refractivity contribution in [3.63, 3.8) is 0 Å². The van der Waals surface area contributed by atoms with Crippen LogP contribution in [0.4, 0.5) is 11.4 Å². The molecule has 9 heteroatoms. The maximum Gasteiger partial charge on any atom is 0.275 e. The normalized spacial score (nSPS) is 22.2. The van der Waals surface area contributed by atoms with Crippen LogP contribution in [0.2, 0.25) is 0 Å². The third-order valence-corrected chi connectivity index (χ3v) is 8.29. The van der Waals surface area contributed by atoms with Gasteiger partial charge in [0.2, 0.25) is 0 Å². The van der Waals surface area contributed by atoms with Crippen molar-refractivity contribution in [3.05, 3.63) is 47.2 Å². The predicted octanol–water partition coefficient (Wildman–Crippen LogP) is 4.23. The molecule has 8 nitrogen and oxygen atoms in total. The quantitative estimate of drug-likeness (QED) is 0.554. The number of piperazine rings is 1. The van der Waals surface area contributed by atoms with Crippen LogP contribution in [-0.2, 0) is 0 Å². The molecule has 0 bridgehead atoms. The topological polar surface area (TPSA) is 83.5 Å². The number of nitrogens with zero attached hydrogens (tertiary/aromatic N) is 5. The van der Waals surface area contributed by atoms with Gasteiger partial charge in [0.15, 0.2) is 0 Å². The summed E-state index contributed by atoms with van der Waals surface area (Å²) in [7, 11) is 0. The minimum Gasteiger partial charge on any atom is -0.490 e. The molecule has 1 aliphatic carbocycles. The molecule has 0 spiro atoms. The molecule has 1 saturated carbocycles. The highest BCUT2D eigenvalue weighted by Gasteiger charge is 2.37. The first-order valence-electron chi connectivity index (χ1n) is 12.4. The molecule has 0 unspecified atom stereocenters. The number of thiazole rings is 1. The van der Waals surface area contributed by atoms with Crippen molar-refractivity contribution in [2.45, 2.75) is 45.3 Å². The van der Waals surface area contributed by atoms with Gasteiger partial charge in [0.25, 0.3) is 5.91 Å². The van der Waals surface area contributed by atoms with Crippen LogP contribution in [0.1, 0.15) is 42.2 Å². The standard InChI is InChI=1S/C26H30N6O2S/c1-16-8-10-31-11-12-32(14-22(16)31)24-17(2)23(34-19-3-4-19)6-5-20(24)29-25(33)21-15-35-26(30-21)18-7-9-27-28-13-18/h5-7,9,13,15-16,19,22H,3-4,8,10-12,14H2,1-2H3,(H,29,33)/t16-,22+/m1/s1. The number of amides is 1. The Morgan fingerprint density at radius 2 is 2.03 bits per heavy atom. The first-order chi connectivity index (χ1) is 17.1. The summed E-state index contributed by atoms with van der Waals surface area (Å²) in [6.45, 7) is 8.61. The second-order valence-corrected chi connectivity index (χ2v) is 10.7. The van der Waals surface area contributed by atoms with E-state index in [0.717, 1.165) is 65.7 Å². The van der Waals surface area contributed by atoms with Crippen LogP contribution in [0.3, 0.4) is 0 Å². The van der Waals surface area contributed by atoms with E-state index < -0.39 is 0 Å². The summed E-state index contributed by atoms with van der Waals surface area (Å²) >= 11 is 1.43. The van der Waals surface area contributed by atoms with Crippen LogP contribution in [0.25, 0.3) is 10.6 Å². The first-order valence-corrected chi connectivity index (χ1v) is 13.3. The maximum atomic E-state index is 13.3. The lowest BCUT2D eigenvalue weighted by Crippen LogP contribution is -2.52. The number of carbonyl (C=O) groups is 1. The molecule has 4 heterocycles. The molecule has 3 aromatic rings. The average molecular weight is 491 g/mol. The summed E-state index contributed by atoms with van der Waals surface area (Å²) in [6.07, 6.45) is 7.09. The monoisotopic (exact) mass is 490 g/mol. The highest BCUT2D eigenvalue weighted by Crippen LogP contribution is 2.41. The van der Waals surface area contributed by atoms with Crippen molar-refractivity contribution in [2.75, 3.05) is 36.4 Å². The number of hydrogen-bond donors (Lipinski definition) is 1. The Morgan fingerprint density at radius 3 is 2.83 bits per heavy atom. The molecular weight excluding hydrogens is 460 g/mol. The number of benzene rings is 1. The van der Waals surface area contributed by atoms with Gasteiger partial charge >= 0.3 is 0 Å². The van der Waals surface area contributed by atoms with Crippen LogP contribution in [0, 0.1) is 12.8 Å². The van der Waals surface area contributed by atoms with Crippen molar-refractivity contribution >= 4 is 28.6 Å². The zero-order valence-corrected chi connectivity index (χ0v) is 20.9. The smallest absolute Gasteiger partial charge is 0.275 e. The average Bonchev–Trinajstić information content (AvgIpc) is 3.41. The lowest BCUT2D eigenvalue weighted by Gasteiger charge is -2.41. The molecule has 3 fully saturated rings. The Bertz CT molecular complexity index is 1230. The Balaban J connectivity index is 1.29. The number of hydrogen-bond acceptors (Lipinski definition) is 8. The van der Waals surface area contributed by atoms with Gasteiger partial charge in [-0.1, -0.05) is 6.92 Å².